The van der Waals surface area contributed by atoms with E-state index < -0.39 is 6.09 Å². The first-order chi connectivity index (χ1) is 11.0. The average molecular weight is 322 g/mol. The Morgan fingerprint density at radius 1 is 1.48 bits per heavy atom. The van der Waals surface area contributed by atoms with Gasteiger partial charge in [-0.2, -0.15) is 0 Å². The summed E-state index contributed by atoms with van der Waals surface area (Å²) >= 11 is 0. The van der Waals surface area contributed by atoms with Gasteiger partial charge in [0.15, 0.2) is 0 Å². The van der Waals surface area contributed by atoms with E-state index in [-0.39, 0.29) is 25.0 Å². The number of carbonyl (C=O) groups excluding carboxylic acids is 1. The van der Waals surface area contributed by atoms with Gasteiger partial charge < -0.3 is 26.3 Å². The van der Waals surface area contributed by atoms with E-state index in [9.17, 15) is 9.59 Å². The fraction of sp³-hybridized carbons (Fsp3) is 0.571. The largest absolute Gasteiger partial charge is 0.465 e. The number of nitrogens with two attached hydrogens (primary N) is 2. The van der Waals surface area contributed by atoms with Gasteiger partial charge in [-0.3, -0.25) is 9.88 Å². The number of anilines is 2. The molecule has 1 atom stereocenters. The monoisotopic (exact) mass is 322 g/mol. The summed E-state index contributed by atoms with van der Waals surface area (Å²) < 4.78 is 0. The quantitative estimate of drug-likeness (QED) is 0.611. The van der Waals surface area contributed by atoms with Gasteiger partial charge in [-0.05, 0) is 18.8 Å². The Labute approximate surface area is 134 Å². The van der Waals surface area contributed by atoms with Crippen LogP contribution in [0.2, 0.25) is 0 Å². The minimum Gasteiger partial charge on any atom is -0.465 e. The number of amides is 1. The lowest BCUT2D eigenvalue weighted by Gasteiger charge is -2.36. The maximum Gasteiger partial charge on any atom is 0.407 e. The van der Waals surface area contributed by atoms with E-state index in [1.165, 1.54) is 6.20 Å². The van der Waals surface area contributed by atoms with Crippen LogP contribution in [0, 0.1) is 5.92 Å². The molecule has 1 amide bonds. The van der Waals surface area contributed by atoms with Crippen LogP contribution in [-0.4, -0.2) is 64.6 Å². The van der Waals surface area contributed by atoms with E-state index in [4.69, 9.17) is 16.6 Å². The van der Waals surface area contributed by atoms with Crippen LogP contribution < -0.4 is 16.4 Å². The lowest BCUT2D eigenvalue weighted by molar-refractivity contribution is -0.108. The van der Waals surface area contributed by atoms with Crippen molar-refractivity contribution in [1.82, 2.24) is 14.9 Å². The number of nitrogen functional groups attached to an aromatic ring is 1. The van der Waals surface area contributed by atoms with E-state index in [2.05, 4.69) is 14.9 Å². The first kappa shape index (κ1) is 16.9. The topological polar surface area (TPSA) is 139 Å². The van der Waals surface area contributed by atoms with Crippen LogP contribution >= 0.6 is 0 Å². The Morgan fingerprint density at radius 2 is 2.17 bits per heavy atom. The molecule has 1 fully saturated rings. The maximum absolute atomic E-state index is 11.1. The summed E-state index contributed by atoms with van der Waals surface area (Å²) in [5.74, 6) is 1.33. The Morgan fingerprint density at radius 3 is 2.74 bits per heavy atom. The van der Waals surface area contributed by atoms with E-state index >= 15 is 0 Å². The van der Waals surface area contributed by atoms with Crippen molar-refractivity contribution in [3.63, 3.8) is 0 Å². The number of aromatic nitrogens is 2. The molecule has 1 aromatic heterocycles. The van der Waals surface area contributed by atoms with Gasteiger partial charge in [-0.15, -0.1) is 0 Å². The molecule has 1 unspecified atom stereocenters. The van der Waals surface area contributed by atoms with Crippen LogP contribution in [0.1, 0.15) is 12.8 Å². The summed E-state index contributed by atoms with van der Waals surface area (Å²) in [5.41, 5.74) is 11.8. The molecule has 2 heterocycles. The summed E-state index contributed by atoms with van der Waals surface area (Å²) in [6.45, 7) is 1.53. The number of piperidine rings is 1. The third-order valence-corrected chi connectivity index (χ3v) is 4.11. The summed E-state index contributed by atoms with van der Waals surface area (Å²) in [4.78, 5) is 33.0. The van der Waals surface area contributed by atoms with Crippen LogP contribution in [0.15, 0.2) is 12.4 Å². The second-order valence-corrected chi connectivity index (χ2v) is 5.64. The Balaban J connectivity index is 1.88. The third kappa shape index (κ3) is 4.52. The molecule has 9 heteroatoms. The van der Waals surface area contributed by atoms with Crippen molar-refractivity contribution in [1.29, 1.82) is 0 Å². The molecule has 2 rings (SSSR count). The average Bonchev–Trinajstić information content (AvgIpc) is 2.54. The predicted octanol–water partition coefficient (Wildman–Crippen LogP) is -0.219. The molecule has 23 heavy (non-hydrogen) atoms. The highest BCUT2D eigenvalue weighted by atomic mass is 16.4. The van der Waals surface area contributed by atoms with Crippen molar-refractivity contribution in [2.24, 2.45) is 11.7 Å². The van der Waals surface area contributed by atoms with Gasteiger partial charge in [0.2, 0.25) is 0 Å². The molecule has 1 saturated heterocycles. The fourth-order valence-corrected chi connectivity index (χ4v) is 2.80. The molecule has 0 saturated carbocycles. The van der Waals surface area contributed by atoms with Gasteiger partial charge >= 0.3 is 6.09 Å². The van der Waals surface area contributed by atoms with E-state index in [1.807, 2.05) is 0 Å². The van der Waals surface area contributed by atoms with E-state index in [0.717, 1.165) is 36.6 Å². The molecule has 1 aromatic rings. The number of hydrogen-bond acceptors (Lipinski definition) is 7. The zero-order chi connectivity index (χ0) is 16.8. The van der Waals surface area contributed by atoms with Crippen molar-refractivity contribution >= 4 is 24.0 Å². The molecule has 0 spiro atoms. The first-order valence-corrected chi connectivity index (χ1v) is 7.50. The van der Waals surface area contributed by atoms with Gasteiger partial charge in [0.05, 0.1) is 18.9 Å². The molecule has 126 valence electrons. The Bertz CT molecular complexity index is 547. The molecule has 9 nitrogen and oxygen atoms in total. The standard InChI is InChI=1S/C14H22N6O3/c15-11(9-20(5-6-21)14(22)23)10-1-3-19(4-2-10)13-8-17-7-12(16)18-13/h6-8,10-11H,1-5,9,15H2,(H2,16,18)(H,22,23). The van der Waals surface area contributed by atoms with Gasteiger partial charge in [-0.1, -0.05) is 0 Å². The molecule has 5 N–H and O–H groups in total. The Kier molecular flexibility index (Phi) is 5.69. The molecule has 1 aliphatic rings. The predicted molar refractivity (Wildman–Crippen MR) is 85.0 cm³/mol. The molecular weight excluding hydrogens is 300 g/mol. The highest BCUT2D eigenvalue weighted by Crippen LogP contribution is 2.24. The second kappa shape index (κ2) is 7.73. The number of aldehydes is 1. The molecule has 0 bridgehead atoms. The normalized spacial score (nSPS) is 16.8. The van der Waals surface area contributed by atoms with Crippen LogP contribution in [0.3, 0.4) is 0 Å². The molecule has 0 aliphatic carbocycles. The third-order valence-electron chi connectivity index (χ3n) is 4.11. The van der Waals surface area contributed by atoms with Crippen molar-refractivity contribution in [2.45, 2.75) is 18.9 Å². The number of nitrogens with zero attached hydrogens (tertiary/aromatic N) is 4. The number of carboxylic acid groups (broad SMARTS) is 1. The fourth-order valence-electron chi connectivity index (χ4n) is 2.80. The SMILES string of the molecule is Nc1cncc(N2CCC(C(N)CN(CC=O)C(=O)O)CC2)n1. The number of rotatable bonds is 6. The van der Waals surface area contributed by atoms with Crippen molar-refractivity contribution < 1.29 is 14.7 Å². The smallest absolute Gasteiger partial charge is 0.407 e. The zero-order valence-electron chi connectivity index (χ0n) is 12.8. The highest BCUT2D eigenvalue weighted by Gasteiger charge is 2.27. The summed E-state index contributed by atoms with van der Waals surface area (Å²) in [7, 11) is 0. The van der Waals surface area contributed by atoms with Crippen LogP contribution in [0.25, 0.3) is 0 Å². The van der Waals surface area contributed by atoms with Crippen LogP contribution in [0.5, 0.6) is 0 Å². The van der Waals surface area contributed by atoms with Crippen molar-refractivity contribution in [2.75, 3.05) is 36.8 Å². The van der Waals surface area contributed by atoms with E-state index in [1.54, 1.807) is 6.20 Å². The molecule has 1 aliphatic heterocycles. The van der Waals surface area contributed by atoms with Gasteiger partial charge in [-0.25, -0.2) is 9.78 Å². The lowest BCUT2D eigenvalue weighted by Crippen LogP contribution is -2.48. The van der Waals surface area contributed by atoms with E-state index in [0.29, 0.717) is 12.1 Å². The van der Waals surface area contributed by atoms with Gasteiger partial charge in [0.25, 0.3) is 0 Å². The summed E-state index contributed by atoms with van der Waals surface area (Å²) in [6.07, 6.45) is 4.27. The minimum absolute atomic E-state index is 0.152. The van der Waals surface area contributed by atoms with Gasteiger partial charge in [0.1, 0.15) is 17.9 Å². The minimum atomic E-state index is -1.12. The molecule has 0 radical (unpaired) electrons. The highest BCUT2D eigenvalue weighted by molar-refractivity contribution is 5.69. The summed E-state index contributed by atoms with van der Waals surface area (Å²) in [5, 5.41) is 9.04. The van der Waals surface area contributed by atoms with Crippen LogP contribution in [-0.2, 0) is 4.79 Å². The Hall–Kier alpha value is -2.42. The summed E-state index contributed by atoms with van der Waals surface area (Å²) in [6, 6.07) is -0.292. The second-order valence-electron chi connectivity index (χ2n) is 5.64. The zero-order valence-corrected chi connectivity index (χ0v) is 12.8. The van der Waals surface area contributed by atoms with Crippen molar-refractivity contribution in [3.8, 4) is 0 Å². The number of carbonyl (C=O) groups is 2. The van der Waals surface area contributed by atoms with Gasteiger partial charge in [0, 0.05) is 25.7 Å². The molecular formula is C14H22N6O3. The molecule has 0 aromatic carbocycles. The van der Waals surface area contributed by atoms with Crippen LogP contribution in [0.4, 0.5) is 16.4 Å². The number of hydrogen-bond donors (Lipinski definition) is 3. The van der Waals surface area contributed by atoms with Crippen molar-refractivity contribution in [3.05, 3.63) is 12.4 Å². The first-order valence-electron chi connectivity index (χ1n) is 7.50. The lowest BCUT2D eigenvalue weighted by atomic mass is 9.89. The maximum atomic E-state index is 11.1.